The minimum Gasteiger partial charge on any atom is -0.369 e. The van der Waals surface area contributed by atoms with Crippen molar-refractivity contribution < 1.29 is 0 Å². The summed E-state index contributed by atoms with van der Waals surface area (Å²) in [5.41, 5.74) is 8.37. The highest BCUT2D eigenvalue weighted by molar-refractivity contribution is 5.30. The number of nitrogen functional groups attached to an aromatic ring is 1. The number of imidazole rings is 1. The molecule has 0 aliphatic heterocycles. The molecule has 2 rings (SSSR count). The smallest absolute Gasteiger partial charge is 0.197 e. The molecule has 0 amide bonds. The molecule has 0 fully saturated rings. The standard InChI is InChI=1S/C10H17N3/c1-10(2,3)6-4-7-8(5-6)13-9(11)12-7/h6H,4-5H2,1-3H3,(H3,11,12,13). The number of aromatic nitrogens is 2. The number of nitrogens with zero attached hydrogens (tertiary/aromatic N) is 1. The van der Waals surface area contributed by atoms with Gasteiger partial charge in [0.1, 0.15) is 0 Å². The Kier molecular flexibility index (Phi) is 1.65. The van der Waals surface area contributed by atoms with E-state index in [-0.39, 0.29) is 0 Å². The number of rotatable bonds is 0. The molecule has 1 unspecified atom stereocenters. The van der Waals surface area contributed by atoms with Crippen LogP contribution >= 0.6 is 0 Å². The largest absolute Gasteiger partial charge is 0.369 e. The van der Waals surface area contributed by atoms with Gasteiger partial charge < -0.3 is 10.7 Å². The van der Waals surface area contributed by atoms with E-state index in [2.05, 4.69) is 30.7 Å². The highest BCUT2D eigenvalue weighted by atomic mass is 15.0. The number of nitrogens with two attached hydrogens (primary N) is 1. The molecule has 1 aliphatic carbocycles. The van der Waals surface area contributed by atoms with Crippen LogP contribution in [0.25, 0.3) is 0 Å². The van der Waals surface area contributed by atoms with Crippen LogP contribution in [0.4, 0.5) is 5.95 Å². The van der Waals surface area contributed by atoms with E-state index in [0.717, 1.165) is 12.8 Å². The van der Waals surface area contributed by atoms with Crippen LogP contribution in [-0.2, 0) is 12.8 Å². The van der Waals surface area contributed by atoms with Crippen molar-refractivity contribution in [1.29, 1.82) is 0 Å². The van der Waals surface area contributed by atoms with Crippen LogP contribution in [-0.4, -0.2) is 9.97 Å². The van der Waals surface area contributed by atoms with Gasteiger partial charge in [0.05, 0.1) is 5.69 Å². The van der Waals surface area contributed by atoms with Gasteiger partial charge in [-0.05, 0) is 24.2 Å². The second kappa shape index (κ2) is 2.50. The van der Waals surface area contributed by atoms with E-state index in [9.17, 15) is 0 Å². The number of aromatic amines is 1. The van der Waals surface area contributed by atoms with Crippen LogP contribution in [0.1, 0.15) is 32.2 Å². The molecule has 1 aromatic rings. The van der Waals surface area contributed by atoms with Crippen LogP contribution in [0.15, 0.2) is 0 Å². The average molecular weight is 179 g/mol. The topological polar surface area (TPSA) is 54.7 Å². The van der Waals surface area contributed by atoms with Crippen molar-refractivity contribution in [2.45, 2.75) is 33.6 Å². The van der Waals surface area contributed by atoms with Crippen molar-refractivity contribution in [3.63, 3.8) is 0 Å². The van der Waals surface area contributed by atoms with Gasteiger partial charge in [-0.25, -0.2) is 4.98 Å². The molecule has 3 heteroatoms. The molecule has 3 N–H and O–H groups in total. The van der Waals surface area contributed by atoms with E-state index < -0.39 is 0 Å². The van der Waals surface area contributed by atoms with Crippen molar-refractivity contribution in [2.24, 2.45) is 11.3 Å². The third-order valence-electron chi connectivity index (χ3n) is 3.00. The second-order valence-corrected chi connectivity index (χ2v) is 5.02. The van der Waals surface area contributed by atoms with Gasteiger partial charge in [0, 0.05) is 5.69 Å². The number of hydrogen-bond acceptors (Lipinski definition) is 2. The van der Waals surface area contributed by atoms with Gasteiger partial charge in [-0.2, -0.15) is 0 Å². The molecule has 0 saturated heterocycles. The second-order valence-electron chi connectivity index (χ2n) is 5.02. The maximum atomic E-state index is 5.58. The molecule has 1 atom stereocenters. The highest BCUT2D eigenvalue weighted by Gasteiger charge is 2.32. The molecule has 0 spiro atoms. The van der Waals surface area contributed by atoms with Crippen LogP contribution in [0.2, 0.25) is 0 Å². The highest BCUT2D eigenvalue weighted by Crippen LogP contribution is 2.37. The Hall–Kier alpha value is -0.990. The average Bonchev–Trinajstić information content (AvgIpc) is 2.40. The van der Waals surface area contributed by atoms with Crippen LogP contribution in [0, 0.1) is 11.3 Å². The minimum atomic E-state index is 0.371. The summed E-state index contributed by atoms with van der Waals surface area (Å²) in [4.78, 5) is 7.40. The molecule has 0 bridgehead atoms. The molecular weight excluding hydrogens is 162 g/mol. The zero-order valence-corrected chi connectivity index (χ0v) is 8.52. The summed E-state index contributed by atoms with van der Waals surface area (Å²) >= 11 is 0. The van der Waals surface area contributed by atoms with Crippen molar-refractivity contribution in [3.05, 3.63) is 11.4 Å². The lowest BCUT2D eigenvalue weighted by Crippen LogP contribution is -2.21. The van der Waals surface area contributed by atoms with Crippen LogP contribution in [0.3, 0.4) is 0 Å². The lowest BCUT2D eigenvalue weighted by Gasteiger charge is -2.26. The first kappa shape index (κ1) is 8.60. The van der Waals surface area contributed by atoms with Crippen LogP contribution in [0.5, 0.6) is 0 Å². The molecule has 1 aromatic heterocycles. The third kappa shape index (κ3) is 1.43. The van der Waals surface area contributed by atoms with E-state index in [1.807, 2.05) is 0 Å². The van der Waals surface area contributed by atoms with E-state index in [0.29, 0.717) is 17.3 Å². The molecule has 0 radical (unpaired) electrons. The first-order valence-corrected chi connectivity index (χ1v) is 4.80. The van der Waals surface area contributed by atoms with Gasteiger partial charge in [0.15, 0.2) is 5.95 Å². The first-order chi connectivity index (χ1) is 5.97. The number of nitrogens with one attached hydrogen (secondary N) is 1. The molecule has 13 heavy (non-hydrogen) atoms. The van der Waals surface area contributed by atoms with E-state index in [4.69, 9.17) is 5.73 Å². The number of H-pyrrole nitrogens is 1. The Labute approximate surface area is 78.7 Å². The number of anilines is 1. The van der Waals surface area contributed by atoms with Gasteiger partial charge in [-0.3, -0.25) is 0 Å². The summed E-state index contributed by atoms with van der Waals surface area (Å²) in [7, 11) is 0. The van der Waals surface area contributed by atoms with Gasteiger partial charge >= 0.3 is 0 Å². The van der Waals surface area contributed by atoms with E-state index >= 15 is 0 Å². The minimum absolute atomic E-state index is 0.371. The predicted molar refractivity (Wildman–Crippen MR) is 53.4 cm³/mol. The summed E-state index contributed by atoms with van der Waals surface area (Å²) in [5.74, 6) is 1.28. The third-order valence-corrected chi connectivity index (χ3v) is 3.00. The first-order valence-electron chi connectivity index (χ1n) is 4.80. The lowest BCUT2D eigenvalue weighted by atomic mass is 9.79. The summed E-state index contributed by atoms with van der Waals surface area (Å²) < 4.78 is 0. The van der Waals surface area contributed by atoms with E-state index in [1.165, 1.54) is 11.4 Å². The quantitative estimate of drug-likeness (QED) is 0.637. The molecule has 0 aromatic carbocycles. The summed E-state index contributed by atoms with van der Waals surface area (Å²) in [6.45, 7) is 6.85. The fourth-order valence-electron chi connectivity index (χ4n) is 1.97. The Morgan fingerprint density at radius 1 is 1.38 bits per heavy atom. The SMILES string of the molecule is CC(C)(C)C1Cc2nc(N)[nH]c2C1. The van der Waals surface area contributed by atoms with Gasteiger partial charge in [0.2, 0.25) is 0 Å². The Balaban J connectivity index is 2.20. The molecule has 1 heterocycles. The van der Waals surface area contributed by atoms with Crippen LogP contribution < -0.4 is 5.73 Å². The fraction of sp³-hybridized carbons (Fsp3) is 0.700. The van der Waals surface area contributed by atoms with Gasteiger partial charge in [-0.1, -0.05) is 20.8 Å². The lowest BCUT2D eigenvalue weighted by molar-refractivity contribution is 0.249. The maximum Gasteiger partial charge on any atom is 0.197 e. The van der Waals surface area contributed by atoms with E-state index in [1.54, 1.807) is 0 Å². The van der Waals surface area contributed by atoms with Gasteiger partial charge in [-0.15, -0.1) is 0 Å². The number of hydrogen-bond donors (Lipinski definition) is 2. The molecule has 3 nitrogen and oxygen atoms in total. The molecular formula is C10H17N3. The van der Waals surface area contributed by atoms with Crippen molar-refractivity contribution in [1.82, 2.24) is 9.97 Å². The Bertz CT molecular complexity index is 296. The summed E-state index contributed by atoms with van der Waals surface area (Å²) in [6.07, 6.45) is 2.18. The molecule has 1 aliphatic rings. The van der Waals surface area contributed by atoms with Crippen molar-refractivity contribution in [2.75, 3.05) is 5.73 Å². The molecule has 72 valence electrons. The zero-order chi connectivity index (χ0) is 9.64. The Morgan fingerprint density at radius 3 is 2.62 bits per heavy atom. The van der Waals surface area contributed by atoms with Crippen molar-refractivity contribution >= 4 is 5.95 Å². The summed E-state index contributed by atoms with van der Waals surface area (Å²) in [5, 5.41) is 0. The zero-order valence-electron chi connectivity index (χ0n) is 8.52. The fourth-order valence-corrected chi connectivity index (χ4v) is 1.97. The monoisotopic (exact) mass is 179 g/mol. The molecule has 0 saturated carbocycles. The van der Waals surface area contributed by atoms with Crippen molar-refractivity contribution in [3.8, 4) is 0 Å². The summed E-state index contributed by atoms with van der Waals surface area (Å²) in [6, 6.07) is 0. The maximum absolute atomic E-state index is 5.58. The predicted octanol–water partition coefficient (Wildman–Crippen LogP) is 1.75. The normalized spacial score (nSPS) is 17.8. The van der Waals surface area contributed by atoms with Gasteiger partial charge in [0.25, 0.3) is 0 Å². The number of fused-ring (bicyclic) bond motifs is 1. The Morgan fingerprint density at radius 2 is 2.08 bits per heavy atom.